The third-order valence-electron chi connectivity index (χ3n) is 3.07. The molecular weight excluding hydrogens is 260 g/mol. The zero-order valence-corrected chi connectivity index (χ0v) is 10.7. The highest BCUT2D eigenvalue weighted by atomic mass is 32.1. The summed E-state index contributed by atoms with van der Waals surface area (Å²) in [6.07, 6.45) is 0. The Kier molecular flexibility index (Phi) is 2.76. The fourth-order valence-corrected chi connectivity index (χ4v) is 2.26. The summed E-state index contributed by atoms with van der Waals surface area (Å²) in [5.41, 5.74) is 1.80. The molecule has 2 N–H and O–H groups in total. The summed E-state index contributed by atoms with van der Waals surface area (Å²) in [5, 5.41) is 1.20. The number of nitrogens with one attached hydrogen (secondary N) is 2. The average molecular weight is 270 g/mol. The molecule has 0 spiro atoms. The number of thiol groups is 1. The quantitative estimate of drug-likeness (QED) is 0.469. The van der Waals surface area contributed by atoms with Crippen molar-refractivity contribution in [3.8, 4) is 0 Å². The number of hydrogen-bond acceptors (Lipinski definition) is 3. The first-order valence-electron chi connectivity index (χ1n) is 5.70. The average Bonchev–Trinajstić information content (AvgIpc) is 2.46. The van der Waals surface area contributed by atoms with Crippen LogP contribution in [0.3, 0.4) is 0 Å². The molecule has 0 atom stereocenters. The second-order valence-electron chi connectivity index (χ2n) is 4.20. The number of rotatable bonds is 1. The highest BCUT2D eigenvalue weighted by Crippen LogP contribution is 2.16. The molecule has 3 rings (SSSR count). The van der Waals surface area contributed by atoms with Crippen molar-refractivity contribution in [3.05, 3.63) is 58.3 Å². The van der Waals surface area contributed by atoms with Crippen LogP contribution in [-0.2, 0) is 0 Å². The van der Waals surface area contributed by atoms with Gasteiger partial charge in [0.05, 0.1) is 5.52 Å². The Bertz CT molecular complexity index is 855. The molecular formula is C14H10N2O2S. The zero-order chi connectivity index (χ0) is 13.4. The normalized spacial score (nSPS) is 10.8. The molecule has 1 aromatic heterocycles. The maximum atomic E-state index is 12.3. The number of H-pyrrole nitrogens is 1. The molecule has 0 unspecified atom stereocenters. The molecule has 2 aromatic carbocycles. The van der Waals surface area contributed by atoms with Gasteiger partial charge < -0.3 is 4.98 Å². The topological polar surface area (TPSA) is 62.0 Å². The van der Waals surface area contributed by atoms with E-state index in [4.69, 9.17) is 0 Å². The molecule has 5 heteroatoms. The second kappa shape index (κ2) is 4.44. The number of carbonyl (C=O) groups is 1. The number of fused-ring (bicyclic) bond motifs is 2. The van der Waals surface area contributed by atoms with E-state index in [1.165, 1.54) is 0 Å². The van der Waals surface area contributed by atoms with E-state index in [2.05, 4.69) is 22.5 Å². The third kappa shape index (κ3) is 1.88. The van der Waals surface area contributed by atoms with Crippen LogP contribution in [0.15, 0.2) is 47.3 Å². The molecule has 0 aliphatic heterocycles. The van der Waals surface area contributed by atoms with Gasteiger partial charge in [-0.15, -0.1) is 0 Å². The van der Waals surface area contributed by atoms with Crippen molar-refractivity contribution in [2.75, 3.05) is 0 Å². The first-order valence-corrected chi connectivity index (χ1v) is 6.14. The van der Waals surface area contributed by atoms with E-state index < -0.39 is 0 Å². The minimum Gasteiger partial charge on any atom is -0.354 e. The van der Waals surface area contributed by atoms with E-state index in [1.807, 2.05) is 18.2 Å². The Balaban J connectivity index is 2.38. The molecule has 0 saturated carbocycles. The van der Waals surface area contributed by atoms with Gasteiger partial charge in [-0.1, -0.05) is 24.9 Å². The molecule has 1 heterocycles. The number of hydrogen-bond donors (Lipinski definition) is 3. The Morgan fingerprint density at radius 2 is 1.79 bits per heavy atom. The van der Waals surface area contributed by atoms with Crippen LogP contribution in [-0.4, -0.2) is 10.9 Å². The van der Waals surface area contributed by atoms with Crippen molar-refractivity contribution in [2.45, 2.75) is 0 Å². The Morgan fingerprint density at radius 1 is 1.05 bits per heavy atom. The van der Waals surface area contributed by atoms with E-state index in [9.17, 15) is 9.59 Å². The maximum Gasteiger partial charge on any atom is 0.260 e. The fraction of sp³-hybridized carbons (Fsp3) is 0. The third-order valence-corrected chi connectivity index (χ3v) is 3.27. The summed E-state index contributed by atoms with van der Waals surface area (Å²) < 4.78 is 2.26. The van der Waals surface area contributed by atoms with Crippen LogP contribution in [0.2, 0.25) is 0 Å². The van der Waals surface area contributed by atoms with Crippen molar-refractivity contribution >= 4 is 40.5 Å². The minimum atomic E-state index is -0.306. The summed E-state index contributed by atoms with van der Waals surface area (Å²) in [6.45, 7) is 0. The molecule has 4 nitrogen and oxygen atoms in total. The van der Waals surface area contributed by atoms with Crippen molar-refractivity contribution in [2.24, 2.45) is 0 Å². The first-order chi connectivity index (χ1) is 9.20. The van der Waals surface area contributed by atoms with Gasteiger partial charge in [-0.05, 0) is 30.3 Å². The van der Waals surface area contributed by atoms with Gasteiger partial charge in [0, 0.05) is 21.9 Å². The van der Waals surface area contributed by atoms with E-state index >= 15 is 0 Å². The minimum absolute atomic E-state index is 0.0396. The Labute approximate surface area is 114 Å². The molecule has 1 amide bonds. The monoisotopic (exact) mass is 270 g/mol. The molecule has 0 aliphatic carbocycles. The lowest BCUT2D eigenvalue weighted by Gasteiger charge is -2.04. The van der Waals surface area contributed by atoms with Crippen LogP contribution < -0.4 is 10.2 Å². The van der Waals surface area contributed by atoms with Gasteiger partial charge in [0.15, 0.2) is 5.43 Å². The number of para-hydroxylation sites is 1. The summed E-state index contributed by atoms with van der Waals surface area (Å²) in [4.78, 5) is 27.0. The van der Waals surface area contributed by atoms with Gasteiger partial charge in [0.25, 0.3) is 5.91 Å². The summed E-state index contributed by atoms with van der Waals surface area (Å²) in [6, 6.07) is 12.2. The largest absolute Gasteiger partial charge is 0.354 e. The smallest absolute Gasteiger partial charge is 0.260 e. The van der Waals surface area contributed by atoms with Gasteiger partial charge >= 0.3 is 0 Å². The molecule has 19 heavy (non-hydrogen) atoms. The number of aromatic amines is 1. The predicted octanol–water partition coefficient (Wildman–Crippen LogP) is 2.26. The van der Waals surface area contributed by atoms with Crippen LogP contribution in [0.4, 0.5) is 0 Å². The van der Waals surface area contributed by atoms with E-state index in [-0.39, 0.29) is 11.3 Å². The Morgan fingerprint density at radius 3 is 2.58 bits per heavy atom. The lowest BCUT2D eigenvalue weighted by Crippen LogP contribution is -2.13. The summed E-state index contributed by atoms with van der Waals surface area (Å²) in [5.74, 6) is -0.306. The van der Waals surface area contributed by atoms with Crippen molar-refractivity contribution in [1.29, 1.82) is 0 Å². The van der Waals surface area contributed by atoms with Gasteiger partial charge in [-0.3, -0.25) is 14.3 Å². The number of pyridine rings is 1. The summed E-state index contributed by atoms with van der Waals surface area (Å²) >= 11 is 3.73. The molecule has 0 bridgehead atoms. The lowest BCUT2D eigenvalue weighted by atomic mass is 10.1. The first kappa shape index (κ1) is 11.8. The molecule has 94 valence electrons. The standard InChI is InChI=1S/C14H10N2O2S/c17-13-9-3-1-2-4-11(9)15-12-7-8(14(18)16-19)5-6-10(12)13/h1-7,19H,(H,15,17)(H,16,18). The van der Waals surface area contributed by atoms with Gasteiger partial charge in [0.2, 0.25) is 0 Å². The second-order valence-corrected chi connectivity index (χ2v) is 4.42. The number of aromatic nitrogens is 1. The molecule has 0 aliphatic rings. The predicted molar refractivity (Wildman–Crippen MR) is 78.5 cm³/mol. The molecule has 0 radical (unpaired) electrons. The van der Waals surface area contributed by atoms with Gasteiger partial charge in [-0.2, -0.15) is 0 Å². The van der Waals surface area contributed by atoms with Crippen molar-refractivity contribution in [1.82, 2.24) is 9.71 Å². The number of carbonyl (C=O) groups excluding carboxylic acids is 1. The van der Waals surface area contributed by atoms with Crippen LogP contribution in [0.5, 0.6) is 0 Å². The van der Waals surface area contributed by atoms with Crippen LogP contribution >= 0.6 is 12.8 Å². The highest BCUT2D eigenvalue weighted by molar-refractivity contribution is 7.78. The van der Waals surface area contributed by atoms with Crippen molar-refractivity contribution < 1.29 is 4.79 Å². The maximum absolute atomic E-state index is 12.3. The number of benzene rings is 2. The summed E-state index contributed by atoms with van der Waals surface area (Å²) in [7, 11) is 0. The van der Waals surface area contributed by atoms with Crippen molar-refractivity contribution in [3.63, 3.8) is 0 Å². The zero-order valence-electron chi connectivity index (χ0n) is 9.81. The Hall–Kier alpha value is -2.27. The lowest BCUT2D eigenvalue weighted by molar-refractivity contribution is 0.0985. The van der Waals surface area contributed by atoms with Crippen LogP contribution in [0, 0.1) is 0 Å². The van der Waals surface area contributed by atoms with E-state index in [1.54, 1.807) is 24.3 Å². The van der Waals surface area contributed by atoms with E-state index in [0.717, 1.165) is 5.52 Å². The van der Waals surface area contributed by atoms with E-state index in [0.29, 0.717) is 21.9 Å². The molecule has 3 aromatic rings. The number of amides is 1. The molecule has 0 saturated heterocycles. The van der Waals surface area contributed by atoms with Crippen LogP contribution in [0.25, 0.3) is 21.8 Å². The van der Waals surface area contributed by atoms with Crippen LogP contribution in [0.1, 0.15) is 10.4 Å². The van der Waals surface area contributed by atoms with Gasteiger partial charge in [-0.25, -0.2) is 0 Å². The fourth-order valence-electron chi connectivity index (χ4n) is 2.13. The SMILES string of the molecule is O=C(NS)c1ccc2c(=O)c3ccccc3[nH]c2c1. The molecule has 0 fully saturated rings. The van der Waals surface area contributed by atoms with Gasteiger partial charge in [0.1, 0.15) is 0 Å². The highest BCUT2D eigenvalue weighted by Gasteiger charge is 2.08.